The van der Waals surface area contributed by atoms with E-state index in [-0.39, 0.29) is 5.75 Å². The van der Waals surface area contributed by atoms with Gasteiger partial charge in [-0.3, -0.25) is 0 Å². The highest BCUT2D eigenvalue weighted by molar-refractivity contribution is 5.43. The highest BCUT2D eigenvalue weighted by atomic mass is 19.3. The number of ether oxygens (including phenoxy) is 2. The lowest BCUT2D eigenvalue weighted by atomic mass is 10.2. The van der Waals surface area contributed by atoms with E-state index < -0.39 is 23.7 Å². The van der Waals surface area contributed by atoms with Crippen molar-refractivity contribution in [3.63, 3.8) is 0 Å². The fourth-order valence-electron chi connectivity index (χ4n) is 1.03. The molecular formula is C8H8F3NO2. The SMILES string of the molecule is COc1cnc(F)c(OC)c1C(F)F. The first-order valence-electron chi connectivity index (χ1n) is 3.66. The van der Waals surface area contributed by atoms with Crippen LogP contribution in [0.25, 0.3) is 0 Å². The average Bonchev–Trinajstić information content (AvgIpc) is 2.17. The molecule has 0 aliphatic heterocycles. The van der Waals surface area contributed by atoms with Gasteiger partial charge in [-0.1, -0.05) is 0 Å². The van der Waals surface area contributed by atoms with Crippen LogP contribution in [0.15, 0.2) is 6.20 Å². The molecule has 1 heterocycles. The molecule has 0 unspecified atom stereocenters. The average molecular weight is 207 g/mol. The topological polar surface area (TPSA) is 31.4 Å². The smallest absolute Gasteiger partial charge is 0.271 e. The van der Waals surface area contributed by atoms with Gasteiger partial charge in [-0.15, -0.1) is 0 Å². The highest BCUT2D eigenvalue weighted by Gasteiger charge is 2.23. The number of rotatable bonds is 3. The molecule has 14 heavy (non-hydrogen) atoms. The molecule has 0 aliphatic carbocycles. The minimum atomic E-state index is -2.88. The van der Waals surface area contributed by atoms with Crippen LogP contribution in [-0.2, 0) is 0 Å². The maximum absolute atomic E-state index is 12.9. The highest BCUT2D eigenvalue weighted by Crippen LogP contribution is 2.37. The molecule has 78 valence electrons. The van der Waals surface area contributed by atoms with Crippen LogP contribution in [0.2, 0.25) is 0 Å². The summed E-state index contributed by atoms with van der Waals surface area (Å²) in [6.45, 7) is 0. The molecule has 0 saturated carbocycles. The molecule has 1 aromatic heterocycles. The van der Waals surface area contributed by atoms with Crippen molar-refractivity contribution in [2.75, 3.05) is 14.2 Å². The van der Waals surface area contributed by atoms with Crippen LogP contribution in [0, 0.1) is 5.95 Å². The van der Waals surface area contributed by atoms with Crippen LogP contribution in [0.5, 0.6) is 11.5 Å². The third-order valence-electron chi connectivity index (χ3n) is 1.63. The number of halogens is 3. The summed E-state index contributed by atoms with van der Waals surface area (Å²) in [5.74, 6) is -1.86. The van der Waals surface area contributed by atoms with Crippen molar-refractivity contribution in [1.29, 1.82) is 0 Å². The summed E-state index contributed by atoms with van der Waals surface area (Å²) in [7, 11) is 2.28. The van der Waals surface area contributed by atoms with Crippen molar-refractivity contribution >= 4 is 0 Å². The summed E-state index contributed by atoms with van der Waals surface area (Å²) in [6.07, 6.45) is -1.99. The molecule has 0 aliphatic rings. The second-order valence-electron chi connectivity index (χ2n) is 2.37. The second kappa shape index (κ2) is 4.17. The van der Waals surface area contributed by atoms with Crippen molar-refractivity contribution < 1.29 is 22.6 Å². The van der Waals surface area contributed by atoms with Crippen LogP contribution in [0.4, 0.5) is 13.2 Å². The molecule has 3 nitrogen and oxygen atoms in total. The van der Waals surface area contributed by atoms with Crippen molar-refractivity contribution in [2.24, 2.45) is 0 Å². The molecule has 0 amide bonds. The zero-order valence-corrected chi connectivity index (χ0v) is 7.55. The maximum atomic E-state index is 12.9. The molecule has 6 heteroatoms. The van der Waals surface area contributed by atoms with E-state index in [9.17, 15) is 13.2 Å². The number of hydrogen-bond acceptors (Lipinski definition) is 3. The first-order chi connectivity index (χ1) is 6.61. The summed E-state index contributed by atoms with van der Waals surface area (Å²) in [5, 5.41) is 0. The molecule has 0 N–H and O–H groups in total. The Morgan fingerprint density at radius 3 is 2.36 bits per heavy atom. The Morgan fingerprint density at radius 1 is 1.29 bits per heavy atom. The van der Waals surface area contributed by atoms with E-state index in [1.54, 1.807) is 0 Å². The van der Waals surface area contributed by atoms with Crippen LogP contribution in [-0.4, -0.2) is 19.2 Å². The van der Waals surface area contributed by atoms with Gasteiger partial charge in [-0.25, -0.2) is 13.8 Å². The summed E-state index contributed by atoms with van der Waals surface area (Å²) < 4.78 is 47.0. The zero-order valence-electron chi connectivity index (χ0n) is 7.55. The Morgan fingerprint density at radius 2 is 1.93 bits per heavy atom. The van der Waals surface area contributed by atoms with Crippen molar-refractivity contribution in [1.82, 2.24) is 4.98 Å². The number of hydrogen-bond donors (Lipinski definition) is 0. The van der Waals surface area contributed by atoms with Gasteiger partial charge >= 0.3 is 0 Å². The molecule has 0 fully saturated rings. The number of methoxy groups -OCH3 is 2. The monoisotopic (exact) mass is 207 g/mol. The zero-order chi connectivity index (χ0) is 10.7. The van der Waals surface area contributed by atoms with Crippen molar-refractivity contribution in [2.45, 2.75) is 6.43 Å². The van der Waals surface area contributed by atoms with Crippen molar-refractivity contribution in [3.8, 4) is 11.5 Å². The maximum Gasteiger partial charge on any atom is 0.271 e. The third-order valence-corrected chi connectivity index (χ3v) is 1.63. The van der Waals surface area contributed by atoms with Crippen LogP contribution < -0.4 is 9.47 Å². The van der Waals surface area contributed by atoms with E-state index in [0.29, 0.717) is 0 Å². The van der Waals surface area contributed by atoms with Gasteiger partial charge in [0.1, 0.15) is 11.3 Å². The van der Waals surface area contributed by atoms with E-state index in [1.807, 2.05) is 0 Å². The first-order valence-corrected chi connectivity index (χ1v) is 3.66. The van der Waals surface area contributed by atoms with E-state index in [1.165, 1.54) is 7.11 Å². The Labute approximate surface area is 78.5 Å². The minimum absolute atomic E-state index is 0.196. The normalized spacial score (nSPS) is 10.4. The third kappa shape index (κ3) is 1.73. The minimum Gasteiger partial charge on any atom is -0.494 e. The number of pyridine rings is 1. The van der Waals surface area contributed by atoms with E-state index >= 15 is 0 Å². The second-order valence-corrected chi connectivity index (χ2v) is 2.37. The molecule has 0 saturated heterocycles. The van der Waals surface area contributed by atoms with Gasteiger partial charge in [0.15, 0.2) is 5.75 Å². The molecule has 0 atom stereocenters. The van der Waals surface area contributed by atoms with Crippen LogP contribution >= 0.6 is 0 Å². The summed E-state index contributed by atoms with van der Waals surface area (Å²) >= 11 is 0. The number of nitrogens with zero attached hydrogens (tertiary/aromatic N) is 1. The quantitative estimate of drug-likeness (QED) is 0.712. The predicted octanol–water partition coefficient (Wildman–Crippen LogP) is 2.18. The molecule has 0 spiro atoms. The lowest BCUT2D eigenvalue weighted by molar-refractivity contribution is 0.140. The van der Waals surface area contributed by atoms with Crippen molar-refractivity contribution in [3.05, 3.63) is 17.7 Å². The standard InChI is InChI=1S/C8H8F3NO2/c1-13-4-3-12-8(11)6(14-2)5(4)7(9)10/h3,7H,1-2H3. The van der Waals surface area contributed by atoms with Gasteiger partial charge in [0.25, 0.3) is 12.4 Å². The van der Waals surface area contributed by atoms with Gasteiger partial charge < -0.3 is 9.47 Å². The fourth-order valence-corrected chi connectivity index (χ4v) is 1.03. The molecule has 1 rings (SSSR count). The molecule has 0 aromatic carbocycles. The van der Waals surface area contributed by atoms with Crippen LogP contribution in [0.1, 0.15) is 12.0 Å². The summed E-state index contributed by atoms with van der Waals surface area (Å²) in [5.41, 5.74) is -0.623. The van der Waals surface area contributed by atoms with Gasteiger partial charge in [0, 0.05) is 0 Å². The summed E-state index contributed by atoms with van der Waals surface area (Å²) in [4.78, 5) is 3.21. The lowest BCUT2D eigenvalue weighted by Gasteiger charge is -2.11. The van der Waals surface area contributed by atoms with Gasteiger partial charge in [0.05, 0.1) is 20.4 Å². The predicted molar refractivity (Wildman–Crippen MR) is 42.3 cm³/mol. The number of alkyl halides is 2. The number of aromatic nitrogens is 1. The van der Waals surface area contributed by atoms with Gasteiger partial charge in [-0.05, 0) is 0 Å². The lowest BCUT2D eigenvalue weighted by Crippen LogP contribution is -2.01. The van der Waals surface area contributed by atoms with E-state index in [2.05, 4.69) is 14.5 Å². The molecule has 0 bridgehead atoms. The Bertz CT molecular complexity index is 331. The van der Waals surface area contributed by atoms with E-state index in [4.69, 9.17) is 0 Å². The van der Waals surface area contributed by atoms with Gasteiger partial charge in [0.2, 0.25) is 0 Å². The molecule has 0 radical (unpaired) electrons. The molecular weight excluding hydrogens is 199 g/mol. The largest absolute Gasteiger partial charge is 0.494 e. The molecule has 1 aromatic rings. The Balaban J connectivity index is 3.36. The Kier molecular flexibility index (Phi) is 3.16. The summed E-state index contributed by atoms with van der Waals surface area (Å²) in [6, 6.07) is 0. The Hall–Kier alpha value is -1.46. The van der Waals surface area contributed by atoms with Crippen LogP contribution in [0.3, 0.4) is 0 Å². The first kappa shape index (κ1) is 10.6. The van der Waals surface area contributed by atoms with Gasteiger partial charge in [-0.2, -0.15) is 4.39 Å². The fraction of sp³-hybridized carbons (Fsp3) is 0.375. The van der Waals surface area contributed by atoms with E-state index in [0.717, 1.165) is 13.3 Å².